The molecule has 0 spiro atoms. The van der Waals surface area contributed by atoms with Gasteiger partial charge in [0, 0.05) is 32.1 Å². The minimum atomic E-state index is -0.0136. The fraction of sp³-hybridized carbons (Fsp3) is 0.625. The maximum Gasteiger partial charge on any atom is 0.248 e. The van der Waals surface area contributed by atoms with Gasteiger partial charge < -0.3 is 14.4 Å². The summed E-state index contributed by atoms with van der Waals surface area (Å²) in [7, 11) is 1.79. The average Bonchev–Trinajstić information content (AvgIpc) is 2.48. The van der Waals surface area contributed by atoms with Crippen molar-refractivity contribution >= 4 is 5.91 Å². The highest BCUT2D eigenvalue weighted by atomic mass is 16.5. The lowest BCUT2D eigenvalue weighted by Gasteiger charge is -2.23. The summed E-state index contributed by atoms with van der Waals surface area (Å²) in [6, 6.07) is 3.91. The number of rotatable bonds is 6. The van der Waals surface area contributed by atoms with Gasteiger partial charge in [0.1, 0.15) is 6.61 Å². The number of nitrogens with zero attached hydrogens (tertiary/aromatic N) is 2. The van der Waals surface area contributed by atoms with Gasteiger partial charge in [-0.1, -0.05) is 0 Å². The van der Waals surface area contributed by atoms with Gasteiger partial charge >= 0.3 is 0 Å². The van der Waals surface area contributed by atoms with E-state index in [0.717, 1.165) is 30.7 Å². The first-order valence-corrected chi connectivity index (χ1v) is 7.50. The maximum atomic E-state index is 12.0. The molecule has 0 unspecified atom stereocenters. The summed E-state index contributed by atoms with van der Waals surface area (Å²) in [6.45, 7) is 3.95. The Hall–Kier alpha value is -1.46. The highest BCUT2D eigenvalue weighted by molar-refractivity contribution is 5.77. The van der Waals surface area contributed by atoms with Crippen molar-refractivity contribution in [2.24, 2.45) is 0 Å². The van der Waals surface area contributed by atoms with E-state index in [1.807, 2.05) is 19.1 Å². The number of aryl methyl sites for hydroxylation is 1. The van der Waals surface area contributed by atoms with Crippen molar-refractivity contribution in [1.82, 2.24) is 9.88 Å². The maximum absolute atomic E-state index is 12.0. The molecule has 1 amide bonds. The third-order valence-corrected chi connectivity index (χ3v) is 3.61. The molecule has 21 heavy (non-hydrogen) atoms. The molecule has 1 aromatic rings. The molecule has 0 aromatic carbocycles. The molecule has 1 saturated heterocycles. The van der Waals surface area contributed by atoms with E-state index in [0.29, 0.717) is 13.2 Å². The van der Waals surface area contributed by atoms with Crippen LogP contribution in [0.2, 0.25) is 0 Å². The summed E-state index contributed by atoms with van der Waals surface area (Å²) < 4.78 is 11.1. The number of hydrogen-bond donors (Lipinski definition) is 0. The Morgan fingerprint density at radius 3 is 3.10 bits per heavy atom. The van der Waals surface area contributed by atoms with Crippen molar-refractivity contribution in [2.75, 3.05) is 26.9 Å². The zero-order chi connectivity index (χ0) is 15.1. The molecule has 0 aliphatic carbocycles. The van der Waals surface area contributed by atoms with Crippen LogP contribution in [0.15, 0.2) is 18.3 Å². The van der Waals surface area contributed by atoms with Crippen molar-refractivity contribution in [3.63, 3.8) is 0 Å². The van der Waals surface area contributed by atoms with Crippen LogP contribution in [-0.4, -0.2) is 48.8 Å². The number of hydrogen-bond acceptors (Lipinski definition) is 4. The molecule has 1 aliphatic rings. The van der Waals surface area contributed by atoms with Gasteiger partial charge in [0.15, 0.2) is 0 Å². The first-order chi connectivity index (χ1) is 10.1. The lowest BCUT2D eigenvalue weighted by atomic mass is 10.1. The van der Waals surface area contributed by atoms with Crippen molar-refractivity contribution in [2.45, 2.75) is 38.8 Å². The van der Waals surface area contributed by atoms with E-state index >= 15 is 0 Å². The van der Waals surface area contributed by atoms with E-state index < -0.39 is 0 Å². The molecular weight excluding hydrogens is 268 g/mol. The van der Waals surface area contributed by atoms with Crippen molar-refractivity contribution in [1.29, 1.82) is 0 Å². The van der Waals surface area contributed by atoms with Crippen LogP contribution >= 0.6 is 0 Å². The number of ether oxygens (including phenoxy) is 2. The number of pyridine rings is 1. The lowest BCUT2D eigenvalue weighted by molar-refractivity contribution is -0.137. The third kappa shape index (κ3) is 5.44. The zero-order valence-corrected chi connectivity index (χ0v) is 12.9. The summed E-state index contributed by atoms with van der Waals surface area (Å²) >= 11 is 0. The van der Waals surface area contributed by atoms with Crippen LogP contribution in [0.4, 0.5) is 0 Å². The van der Waals surface area contributed by atoms with Crippen LogP contribution in [0, 0.1) is 6.92 Å². The molecule has 5 heteroatoms. The fourth-order valence-corrected chi connectivity index (χ4v) is 2.39. The molecule has 0 saturated carbocycles. The van der Waals surface area contributed by atoms with Gasteiger partial charge in [-0.2, -0.15) is 0 Å². The van der Waals surface area contributed by atoms with E-state index in [-0.39, 0.29) is 18.6 Å². The Morgan fingerprint density at radius 2 is 2.38 bits per heavy atom. The van der Waals surface area contributed by atoms with E-state index in [1.54, 1.807) is 18.1 Å². The van der Waals surface area contributed by atoms with Gasteiger partial charge in [0.2, 0.25) is 5.91 Å². The molecule has 1 aromatic heterocycles. The molecule has 116 valence electrons. The Labute approximate surface area is 126 Å². The molecule has 1 atom stereocenters. The number of amides is 1. The molecule has 1 fully saturated rings. The molecule has 0 bridgehead atoms. The Morgan fingerprint density at radius 1 is 1.52 bits per heavy atom. The van der Waals surface area contributed by atoms with Crippen LogP contribution in [-0.2, 0) is 20.8 Å². The summed E-state index contributed by atoms with van der Waals surface area (Å²) in [4.78, 5) is 17.8. The quantitative estimate of drug-likeness (QED) is 0.804. The summed E-state index contributed by atoms with van der Waals surface area (Å²) in [5, 5.41) is 0. The number of carbonyl (C=O) groups excluding carboxylic acids is 1. The SMILES string of the molecule is Cc1cc(CN(C)C(=O)COC[C@@H]2CCCCO2)ccn1. The number of likely N-dealkylation sites (N-methyl/N-ethyl adjacent to an activating group) is 1. The van der Waals surface area contributed by atoms with Gasteiger partial charge in [-0.05, 0) is 43.9 Å². The van der Waals surface area contributed by atoms with Crippen LogP contribution in [0.1, 0.15) is 30.5 Å². The molecule has 1 aliphatic heterocycles. The number of carbonyl (C=O) groups is 1. The van der Waals surface area contributed by atoms with Gasteiger partial charge in [0.25, 0.3) is 0 Å². The molecule has 2 heterocycles. The second-order valence-corrected chi connectivity index (χ2v) is 5.56. The second kappa shape index (κ2) is 8.10. The fourth-order valence-electron chi connectivity index (χ4n) is 2.39. The lowest BCUT2D eigenvalue weighted by Crippen LogP contribution is -2.32. The van der Waals surface area contributed by atoms with E-state index in [1.165, 1.54) is 6.42 Å². The van der Waals surface area contributed by atoms with Crippen LogP contribution < -0.4 is 0 Å². The van der Waals surface area contributed by atoms with Crippen LogP contribution in [0.5, 0.6) is 0 Å². The van der Waals surface area contributed by atoms with Crippen LogP contribution in [0.3, 0.4) is 0 Å². The largest absolute Gasteiger partial charge is 0.376 e. The van der Waals surface area contributed by atoms with E-state index in [4.69, 9.17) is 9.47 Å². The van der Waals surface area contributed by atoms with E-state index in [9.17, 15) is 4.79 Å². The highest BCUT2D eigenvalue weighted by Crippen LogP contribution is 2.12. The molecule has 2 rings (SSSR count). The molecule has 0 N–H and O–H groups in total. The standard InChI is InChI=1S/C16H24N2O3/c1-13-9-14(6-7-17-13)10-18(2)16(19)12-20-11-15-5-3-4-8-21-15/h6-7,9,15H,3-5,8,10-12H2,1-2H3/t15-/m0/s1. The molecule has 0 radical (unpaired) electrons. The minimum absolute atomic E-state index is 0.0136. The Bertz CT molecular complexity index is 459. The second-order valence-electron chi connectivity index (χ2n) is 5.56. The van der Waals surface area contributed by atoms with Gasteiger partial charge in [-0.25, -0.2) is 0 Å². The average molecular weight is 292 g/mol. The Kier molecular flexibility index (Phi) is 6.14. The first-order valence-electron chi connectivity index (χ1n) is 7.50. The number of aromatic nitrogens is 1. The topological polar surface area (TPSA) is 51.7 Å². The zero-order valence-electron chi connectivity index (χ0n) is 12.9. The highest BCUT2D eigenvalue weighted by Gasteiger charge is 2.15. The van der Waals surface area contributed by atoms with Crippen LogP contribution in [0.25, 0.3) is 0 Å². The molecular formula is C16H24N2O3. The smallest absolute Gasteiger partial charge is 0.248 e. The van der Waals surface area contributed by atoms with Crippen molar-refractivity contribution < 1.29 is 14.3 Å². The monoisotopic (exact) mass is 292 g/mol. The van der Waals surface area contributed by atoms with Crippen molar-refractivity contribution in [3.05, 3.63) is 29.6 Å². The van der Waals surface area contributed by atoms with Gasteiger partial charge in [0.05, 0.1) is 12.7 Å². The van der Waals surface area contributed by atoms with Gasteiger partial charge in [-0.15, -0.1) is 0 Å². The molecule has 5 nitrogen and oxygen atoms in total. The minimum Gasteiger partial charge on any atom is -0.376 e. The summed E-state index contributed by atoms with van der Waals surface area (Å²) in [5.41, 5.74) is 2.04. The summed E-state index contributed by atoms with van der Waals surface area (Å²) in [6.07, 6.45) is 5.26. The Balaban J connectivity index is 1.69. The first kappa shape index (κ1) is 15.9. The van der Waals surface area contributed by atoms with E-state index in [2.05, 4.69) is 4.98 Å². The normalized spacial score (nSPS) is 18.5. The van der Waals surface area contributed by atoms with Gasteiger partial charge in [-0.3, -0.25) is 9.78 Å². The predicted molar refractivity (Wildman–Crippen MR) is 79.9 cm³/mol. The predicted octanol–water partition coefficient (Wildman–Crippen LogP) is 1.93. The third-order valence-electron chi connectivity index (χ3n) is 3.61. The summed E-state index contributed by atoms with van der Waals surface area (Å²) in [5.74, 6) is -0.0136. The van der Waals surface area contributed by atoms with Crippen molar-refractivity contribution in [3.8, 4) is 0 Å².